The molecule has 3 atom stereocenters. The van der Waals surface area contributed by atoms with Crippen LogP contribution in [0.1, 0.15) is 59.5 Å². The molecule has 0 unspecified atom stereocenters. The Morgan fingerprint density at radius 3 is 2.47 bits per heavy atom. The zero-order valence-corrected chi connectivity index (χ0v) is 22.8. The van der Waals surface area contributed by atoms with E-state index in [1.54, 1.807) is 24.2 Å². The van der Waals surface area contributed by atoms with Gasteiger partial charge in [0.05, 0.1) is 34.8 Å². The van der Waals surface area contributed by atoms with Gasteiger partial charge in [-0.05, 0) is 25.3 Å². The van der Waals surface area contributed by atoms with Crippen LogP contribution in [-0.4, -0.2) is 48.1 Å². The monoisotopic (exact) mass is 618 g/mol. The Kier molecular flexibility index (Phi) is 7.28. The van der Waals surface area contributed by atoms with E-state index in [1.807, 2.05) is 0 Å². The second-order valence-electron chi connectivity index (χ2n) is 10.1. The van der Waals surface area contributed by atoms with E-state index in [2.05, 4.69) is 30.4 Å². The highest BCUT2D eigenvalue weighted by Crippen LogP contribution is 2.46. The van der Waals surface area contributed by atoms with Crippen molar-refractivity contribution in [1.29, 1.82) is 0 Å². The first-order valence-electron chi connectivity index (χ1n) is 12.9. The van der Waals surface area contributed by atoms with Crippen LogP contribution in [-0.2, 0) is 4.79 Å². The summed E-state index contributed by atoms with van der Waals surface area (Å²) in [5.74, 6) is -1.64. The molecule has 3 aromatic heterocycles. The molecule has 1 saturated heterocycles. The number of anilines is 2. The van der Waals surface area contributed by atoms with Crippen LogP contribution in [0.3, 0.4) is 0 Å². The van der Waals surface area contributed by atoms with Crippen molar-refractivity contribution in [1.82, 2.24) is 29.7 Å². The van der Waals surface area contributed by atoms with Crippen LogP contribution in [0.2, 0.25) is 5.02 Å². The van der Waals surface area contributed by atoms with Crippen molar-refractivity contribution in [3.05, 3.63) is 76.5 Å². The fourth-order valence-corrected chi connectivity index (χ4v) is 5.11. The summed E-state index contributed by atoms with van der Waals surface area (Å²) < 4.78 is 70.9. The summed E-state index contributed by atoms with van der Waals surface area (Å²) in [6.45, 7) is 2.37. The molecule has 10 nitrogen and oxygen atoms in total. The Balaban J connectivity index is 1.22. The molecule has 2 fully saturated rings. The number of aromatic nitrogens is 6. The highest BCUT2D eigenvalue weighted by molar-refractivity contribution is 6.31. The van der Waals surface area contributed by atoms with Gasteiger partial charge in [-0.2, -0.15) is 5.10 Å². The van der Waals surface area contributed by atoms with Crippen molar-refractivity contribution >= 4 is 35.1 Å². The van der Waals surface area contributed by atoms with Crippen molar-refractivity contribution < 1.29 is 31.5 Å². The van der Waals surface area contributed by atoms with E-state index in [4.69, 9.17) is 11.6 Å². The zero-order chi connectivity index (χ0) is 30.6. The number of carbonyl (C=O) groups excluding carboxylic acids is 2. The number of nitrogens with zero attached hydrogens (tertiary/aromatic N) is 7. The maximum absolute atomic E-state index is 14.8. The quantitative estimate of drug-likeness (QED) is 0.254. The molecule has 0 spiro atoms. The SMILES string of the molecule is C[C@@H](c1cnc(N2C[C@H]3C[C@H]3C2=O)nc1)n1cc(NC(=O)c2nc(-c3c(C(F)F)ccc(Cl)c3F)cnc2C(F)F)cn1. The third-order valence-electron chi connectivity index (χ3n) is 7.40. The number of alkyl halides is 4. The van der Waals surface area contributed by atoms with Gasteiger partial charge in [0.25, 0.3) is 18.8 Å². The Labute approximate surface area is 244 Å². The molecule has 2 aliphatic rings. The number of rotatable bonds is 8. The number of amides is 2. The van der Waals surface area contributed by atoms with Crippen LogP contribution in [0.25, 0.3) is 11.3 Å². The van der Waals surface area contributed by atoms with E-state index in [1.165, 1.54) is 17.1 Å². The van der Waals surface area contributed by atoms with Gasteiger partial charge in [0.2, 0.25) is 11.9 Å². The van der Waals surface area contributed by atoms with Gasteiger partial charge in [0, 0.05) is 47.7 Å². The van der Waals surface area contributed by atoms with Crippen molar-refractivity contribution in [2.45, 2.75) is 32.2 Å². The number of piperidine rings is 1. The average molecular weight is 619 g/mol. The lowest BCUT2D eigenvalue weighted by Gasteiger charge is -2.17. The second-order valence-corrected chi connectivity index (χ2v) is 10.5. The highest BCUT2D eigenvalue weighted by atomic mass is 35.5. The van der Waals surface area contributed by atoms with Gasteiger partial charge in [-0.15, -0.1) is 0 Å². The first-order chi connectivity index (χ1) is 20.5. The molecule has 4 heterocycles. The van der Waals surface area contributed by atoms with Gasteiger partial charge in [-0.3, -0.25) is 24.2 Å². The number of benzene rings is 1. The summed E-state index contributed by atoms with van der Waals surface area (Å²) in [4.78, 5) is 42.8. The molecule has 43 heavy (non-hydrogen) atoms. The molecular formula is C27H20ClF5N8O2. The van der Waals surface area contributed by atoms with Crippen LogP contribution in [0, 0.1) is 17.7 Å². The molecule has 2 amide bonds. The van der Waals surface area contributed by atoms with Crippen molar-refractivity contribution in [2.24, 2.45) is 11.8 Å². The van der Waals surface area contributed by atoms with E-state index < -0.39 is 63.8 Å². The van der Waals surface area contributed by atoms with E-state index >= 15 is 0 Å². The minimum atomic E-state index is -3.26. The van der Waals surface area contributed by atoms with Crippen LogP contribution in [0.4, 0.5) is 33.6 Å². The van der Waals surface area contributed by atoms with E-state index in [-0.39, 0.29) is 17.5 Å². The summed E-state index contributed by atoms with van der Waals surface area (Å²) in [6, 6.07) is 1.36. The van der Waals surface area contributed by atoms with Crippen LogP contribution in [0.15, 0.2) is 43.1 Å². The van der Waals surface area contributed by atoms with E-state index in [9.17, 15) is 31.5 Å². The predicted octanol–water partition coefficient (Wildman–Crippen LogP) is 5.64. The van der Waals surface area contributed by atoms with Crippen molar-refractivity contribution in [2.75, 3.05) is 16.8 Å². The van der Waals surface area contributed by atoms with Gasteiger partial charge in [-0.1, -0.05) is 17.7 Å². The minimum absolute atomic E-state index is 0.0237. The van der Waals surface area contributed by atoms with Gasteiger partial charge >= 0.3 is 0 Å². The molecule has 1 aromatic carbocycles. The lowest BCUT2D eigenvalue weighted by Crippen LogP contribution is -2.29. The van der Waals surface area contributed by atoms with E-state index in [0.717, 1.165) is 18.6 Å². The lowest BCUT2D eigenvalue weighted by atomic mass is 10.0. The normalized spacial score (nSPS) is 18.3. The number of hydrogen-bond acceptors (Lipinski definition) is 7. The van der Waals surface area contributed by atoms with Gasteiger partial charge in [-0.25, -0.2) is 36.9 Å². The third kappa shape index (κ3) is 5.28. The minimum Gasteiger partial charge on any atom is -0.318 e. The maximum atomic E-state index is 14.8. The fourth-order valence-electron chi connectivity index (χ4n) is 4.95. The maximum Gasteiger partial charge on any atom is 0.282 e. The summed E-state index contributed by atoms with van der Waals surface area (Å²) in [7, 11) is 0. The number of carbonyl (C=O) groups is 2. The average Bonchev–Trinajstić information content (AvgIpc) is 3.49. The molecule has 6 rings (SSSR count). The van der Waals surface area contributed by atoms with Crippen LogP contribution in [0.5, 0.6) is 0 Å². The fraction of sp³-hybridized carbons (Fsp3) is 0.296. The summed E-state index contributed by atoms with van der Waals surface area (Å²) in [6.07, 6.45) is 0.957. The Morgan fingerprint density at radius 2 is 1.81 bits per heavy atom. The molecule has 1 aliphatic carbocycles. The first-order valence-corrected chi connectivity index (χ1v) is 13.3. The topological polar surface area (TPSA) is 119 Å². The molecule has 16 heteroatoms. The summed E-state index contributed by atoms with van der Waals surface area (Å²) in [5.41, 5.74) is -3.34. The molecule has 0 radical (unpaired) electrons. The number of fused-ring (bicyclic) bond motifs is 1. The second kappa shape index (κ2) is 10.9. The van der Waals surface area contributed by atoms with Crippen LogP contribution >= 0.6 is 11.6 Å². The molecule has 1 N–H and O–H groups in total. The number of halogens is 6. The molecule has 0 bridgehead atoms. The number of nitrogens with one attached hydrogen (secondary N) is 1. The molecule has 222 valence electrons. The van der Waals surface area contributed by atoms with Gasteiger partial charge < -0.3 is 5.32 Å². The van der Waals surface area contributed by atoms with Crippen molar-refractivity contribution in [3.8, 4) is 11.3 Å². The third-order valence-corrected chi connectivity index (χ3v) is 7.69. The first kappa shape index (κ1) is 28.6. The highest BCUT2D eigenvalue weighted by Gasteiger charge is 2.53. The van der Waals surface area contributed by atoms with Gasteiger partial charge in [0.1, 0.15) is 5.69 Å². The molecule has 1 aliphatic heterocycles. The number of hydrogen-bond donors (Lipinski definition) is 1. The molecule has 1 saturated carbocycles. The Hall–Kier alpha value is -4.53. The van der Waals surface area contributed by atoms with Crippen molar-refractivity contribution in [3.63, 3.8) is 0 Å². The zero-order valence-electron chi connectivity index (χ0n) is 22.1. The largest absolute Gasteiger partial charge is 0.318 e. The predicted molar refractivity (Wildman–Crippen MR) is 142 cm³/mol. The summed E-state index contributed by atoms with van der Waals surface area (Å²) in [5, 5.41) is 6.07. The smallest absolute Gasteiger partial charge is 0.282 e. The van der Waals surface area contributed by atoms with Crippen LogP contribution < -0.4 is 10.2 Å². The molecular weight excluding hydrogens is 599 g/mol. The Bertz CT molecular complexity index is 1740. The molecule has 4 aromatic rings. The standard InChI is InChI=1S/C27H20ClF5N8O2/c1-11(13-5-35-27(36-6-13)40-9-12-4-16(12)26(40)43)41-10-14(7-37-41)38-25(42)22-21(24(32)33)34-8-18(39-22)19-15(23(30)31)2-3-17(28)20(19)29/h2-3,5-8,10-12,16,23-24H,4,9H2,1H3,(H,38,42)/t11-,12+,16+/m0/s1. The van der Waals surface area contributed by atoms with E-state index in [0.29, 0.717) is 30.2 Å². The summed E-state index contributed by atoms with van der Waals surface area (Å²) >= 11 is 5.75. The lowest BCUT2D eigenvalue weighted by molar-refractivity contribution is -0.118. The Morgan fingerprint density at radius 1 is 1.07 bits per heavy atom. The van der Waals surface area contributed by atoms with Gasteiger partial charge in [0.15, 0.2) is 11.5 Å².